The first-order valence-corrected chi connectivity index (χ1v) is 9.30. The largest absolute Gasteiger partial charge is 0.493 e. The lowest BCUT2D eigenvalue weighted by molar-refractivity contribution is -0.885. The molecule has 2 aromatic carbocycles. The fourth-order valence-electron chi connectivity index (χ4n) is 3.15. The van der Waals surface area contributed by atoms with Gasteiger partial charge >= 0.3 is 6.03 Å². The number of urea groups is 1. The summed E-state index contributed by atoms with van der Waals surface area (Å²) in [5.74, 6) is 1.17. The molecule has 0 aromatic heterocycles. The Kier molecular flexibility index (Phi) is 6.49. The maximum absolute atomic E-state index is 12.3. The highest BCUT2D eigenvalue weighted by molar-refractivity contribution is 5.96. The molecule has 3 rings (SSSR count). The molecule has 1 saturated heterocycles. The van der Waals surface area contributed by atoms with Crippen molar-refractivity contribution in [1.29, 1.82) is 0 Å². The molecule has 0 bridgehead atoms. The molecular formula is C21H26N3O4+. The quantitative estimate of drug-likeness (QED) is 0.708. The van der Waals surface area contributed by atoms with Crippen molar-refractivity contribution in [3.05, 3.63) is 59.7 Å². The Morgan fingerprint density at radius 3 is 2.61 bits per heavy atom. The van der Waals surface area contributed by atoms with Gasteiger partial charge in [-0.1, -0.05) is 30.3 Å². The highest BCUT2D eigenvalue weighted by atomic mass is 16.5. The topological polar surface area (TPSA) is 72.3 Å². The van der Waals surface area contributed by atoms with E-state index in [1.807, 2.05) is 55.6 Å². The van der Waals surface area contributed by atoms with Crippen molar-refractivity contribution in [2.45, 2.75) is 13.2 Å². The number of amides is 3. The molecule has 1 heterocycles. The summed E-state index contributed by atoms with van der Waals surface area (Å²) in [5.41, 5.74) is 2.11. The van der Waals surface area contributed by atoms with Crippen LogP contribution in [0.2, 0.25) is 0 Å². The number of hydrogen-bond donors (Lipinski definition) is 2. The predicted octanol–water partition coefficient (Wildman–Crippen LogP) is 0.841. The highest BCUT2D eigenvalue weighted by Crippen LogP contribution is 2.28. The predicted molar refractivity (Wildman–Crippen MR) is 104 cm³/mol. The average molecular weight is 384 g/mol. The fourth-order valence-corrected chi connectivity index (χ4v) is 3.15. The minimum atomic E-state index is -0.306. The van der Waals surface area contributed by atoms with Crippen LogP contribution >= 0.6 is 0 Å². The summed E-state index contributed by atoms with van der Waals surface area (Å²) >= 11 is 0. The first-order valence-electron chi connectivity index (χ1n) is 9.30. The zero-order valence-electron chi connectivity index (χ0n) is 16.2. The third kappa shape index (κ3) is 5.01. The van der Waals surface area contributed by atoms with Crippen LogP contribution in [0.3, 0.4) is 0 Å². The summed E-state index contributed by atoms with van der Waals surface area (Å²) in [6.07, 6.45) is 0. The lowest BCUT2D eigenvalue weighted by Gasteiger charge is -2.18. The summed E-state index contributed by atoms with van der Waals surface area (Å²) in [6, 6.07) is 15.4. The molecule has 28 heavy (non-hydrogen) atoms. The Morgan fingerprint density at radius 1 is 1.14 bits per heavy atom. The van der Waals surface area contributed by atoms with Gasteiger partial charge in [-0.25, -0.2) is 4.79 Å². The molecule has 0 saturated carbocycles. The van der Waals surface area contributed by atoms with E-state index in [2.05, 4.69) is 5.32 Å². The molecule has 0 spiro atoms. The van der Waals surface area contributed by atoms with Crippen LogP contribution in [0.15, 0.2) is 48.5 Å². The standard InChI is InChI=1S/C21H25N3O4/c1-23(14-20(25)24-11-10-22-21(24)26)13-17-8-9-18(19(12-17)27-2)28-15-16-6-4-3-5-7-16/h3-9,12H,10-11,13-15H2,1-2H3,(H,22,26)/p+1. The SMILES string of the molecule is COc1cc(C[NH+](C)CC(=O)N2CCNC2=O)ccc1OCc1ccccc1. The molecule has 3 amide bonds. The molecule has 148 valence electrons. The maximum Gasteiger partial charge on any atom is 0.324 e. The minimum Gasteiger partial charge on any atom is -0.493 e. The fraction of sp³-hybridized carbons (Fsp3) is 0.333. The zero-order chi connectivity index (χ0) is 19.9. The van der Waals surface area contributed by atoms with Crippen LogP contribution in [-0.2, 0) is 17.9 Å². The number of imide groups is 1. The van der Waals surface area contributed by atoms with Gasteiger partial charge in [-0.15, -0.1) is 0 Å². The molecule has 1 aliphatic rings. The van der Waals surface area contributed by atoms with Crippen molar-refractivity contribution in [3.8, 4) is 11.5 Å². The number of methoxy groups -OCH3 is 1. The Morgan fingerprint density at radius 2 is 1.93 bits per heavy atom. The molecular weight excluding hydrogens is 358 g/mol. The van der Waals surface area contributed by atoms with Crippen LogP contribution < -0.4 is 19.7 Å². The van der Waals surface area contributed by atoms with Crippen LogP contribution in [0.25, 0.3) is 0 Å². The van der Waals surface area contributed by atoms with Gasteiger partial charge in [0.15, 0.2) is 18.0 Å². The van der Waals surface area contributed by atoms with E-state index in [0.29, 0.717) is 37.7 Å². The van der Waals surface area contributed by atoms with Crippen LogP contribution in [0, 0.1) is 0 Å². The molecule has 1 aliphatic heterocycles. The lowest BCUT2D eigenvalue weighted by Crippen LogP contribution is -3.08. The van der Waals surface area contributed by atoms with Crippen molar-refractivity contribution in [2.75, 3.05) is 33.8 Å². The van der Waals surface area contributed by atoms with Gasteiger partial charge in [-0.2, -0.15) is 0 Å². The molecule has 1 atom stereocenters. The molecule has 7 heteroatoms. The van der Waals surface area contributed by atoms with E-state index in [0.717, 1.165) is 16.0 Å². The van der Waals surface area contributed by atoms with Gasteiger partial charge in [-0.05, 0) is 23.8 Å². The van der Waals surface area contributed by atoms with Crippen molar-refractivity contribution < 1.29 is 24.0 Å². The van der Waals surface area contributed by atoms with E-state index in [4.69, 9.17) is 9.47 Å². The second-order valence-electron chi connectivity index (χ2n) is 6.85. The molecule has 0 radical (unpaired) electrons. The van der Waals surface area contributed by atoms with Gasteiger partial charge in [0.1, 0.15) is 13.2 Å². The van der Waals surface area contributed by atoms with E-state index < -0.39 is 0 Å². The first-order chi connectivity index (χ1) is 13.6. The van der Waals surface area contributed by atoms with Crippen molar-refractivity contribution in [1.82, 2.24) is 10.2 Å². The van der Waals surface area contributed by atoms with Crippen LogP contribution in [0.5, 0.6) is 11.5 Å². The Labute approximate surface area is 164 Å². The summed E-state index contributed by atoms with van der Waals surface area (Å²) in [6.45, 7) is 2.31. The third-order valence-electron chi connectivity index (χ3n) is 4.58. The molecule has 0 aliphatic carbocycles. The minimum absolute atomic E-state index is 0.165. The Balaban J connectivity index is 1.58. The third-order valence-corrected chi connectivity index (χ3v) is 4.58. The second-order valence-corrected chi connectivity index (χ2v) is 6.85. The van der Waals surface area contributed by atoms with E-state index >= 15 is 0 Å². The maximum atomic E-state index is 12.3. The molecule has 2 aromatic rings. The molecule has 1 unspecified atom stereocenters. The summed E-state index contributed by atoms with van der Waals surface area (Å²) < 4.78 is 11.4. The van der Waals surface area contributed by atoms with Crippen LogP contribution in [0.4, 0.5) is 4.79 Å². The van der Waals surface area contributed by atoms with Gasteiger partial charge in [0.25, 0.3) is 5.91 Å². The van der Waals surface area contributed by atoms with Gasteiger partial charge in [0.05, 0.1) is 14.2 Å². The number of carbonyl (C=O) groups is 2. The van der Waals surface area contributed by atoms with Crippen LogP contribution in [0.1, 0.15) is 11.1 Å². The summed E-state index contributed by atoms with van der Waals surface area (Å²) in [7, 11) is 3.54. The number of likely N-dealkylation sites (N-methyl/N-ethyl adjacent to an activating group) is 1. The average Bonchev–Trinajstić information content (AvgIpc) is 3.13. The Bertz CT molecular complexity index is 826. The van der Waals surface area contributed by atoms with Crippen LogP contribution in [-0.4, -0.2) is 50.6 Å². The highest BCUT2D eigenvalue weighted by Gasteiger charge is 2.28. The van der Waals surface area contributed by atoms with E-state index in [1.165, 1.54) is 4.90 Å². The number of hydrogen-bond acceptors (Lipinski definition) is 4. The number of carbonyl (C=O) groups excluding carboxylic acids is 2. The van der Waals surface area contributed by atoms with Gasteiger partial charge < -0.3 is 19.7 Å². The zero-order valence-corrected chi connectivity index (χ0v) is 16.2. The van der Waals surface area contributed by atoms with Crippen molar-refractivity contribution in [3.63, 3.8) is 0 Å². The van der Waals surface area contributed by atoms with Crippen molar-refractivity contribution in [2.24, 2.45) is 0 Å². The number of nitrogens with zero attached hydrogens (tertiary/aromatic N) is 1. The molecule has 1 fully saturated rings. The number of benzene rings is 2. The summed E-state index contributed by atoms with van der Waals surface area (Å²) in [5, 5.41) is 2.64. The lowest BCUT2D eigenvalue weighted by atomic mass is 10.2. The monoisotopic (exact) mass is 384 g/mol. The Hall–Kier alpha value is -3.06. The normalized spacial score (nSPS) is 14.5. The molecule has 7 nitrogen and oxygen atoms in total. The first kappa shape index (κ1) is 19.7. The smallest absolute Gasteiger partial charge is 0.324 e. The van der Waals surface area contributed by atoms with E-state index in [-0.39, 0.29) is 18.5 Å². The van der Waals surface area contributed by atoms with Gasteiger partial charge in [0.2, 0.25) is 0 Å². The molecule has 2 N–H and O–H groups in total. The number of quaternary nitrogens is 1. The number of rotatable bonds is 8. The van der Waals surface area contributed by atoms with Gasteiger partial charge in [-0.3, -0.25) is 9.69 Å². The van der Waals surface area contributed by atoms with Gasteiger partial charge in [0, 0.05) is 18.7 Å². The number of ether oxygens (including phenoxy) is 2. The second kappa shape index (κ2) is 9.23. The summed E-state index contributed by atoms with van der Waals surface area (Å²) in [4.78, 5) is 26.1. The van der Waals surface area contributed by atoms with E-state index in [1.54, 1.807) is 7.11 Å². The van der Waals surface area contributed by atoms with Crippen molar-refractivity contribution >= 4 is 11.9 Å². The number of nitrogens with one attached hydrogen (secondary N) is 2. The van der Waals surface area contributed by atoms with E-state index in [9.17, 15) is 9.59 Å².